The van der Waals surface area contributed by atoms with Gasteiger partial charge in [0, 0.05) is 18.8 Å². The van der Waals surface area contributed by atoms with Gasteiger partial charge in [-0.3, -0.25) is 9.89 Å². The summed E-state index contributed by atoms with van der Waals surface area (Å²) in [6.45, 7) is 4.15. The van der Waals surface area contributed by atoms with Crippen LogP contribution in [-0.4, -0.2) is 46.1 Å². The van der Waals surface area contributed by atoms with E-state index >= 15 is 0 Å². The molecule has 1 atom stereocenters. The average Bonchev–Trinajstić information content (AvgIpc) is 2.76. The molecular formula is C13H24N4OS. The van der Waals surface area contributed by atoms with Gasteiger partial charge in [0.1, 0.15) is 0 Å². The number of nitrogens with zero attached hydrogens (tertiary/aromatic N) is 2. The third kappa shape index (κ3) is 3.65. The second-order valence-electron chi connectivity index (χ2n) is 4.65. The van der Waals surface area contributed by atoms with Crippen molar-refractivity contribution < 1.29 is 4.79 Å². The van der Waals surface area contributed by atoms with Gasteiger partial charge in [0.25, 0.3) is 5.91 Å². The summed E-state index contributed by atoms with van der Waals surface area (Å²) in [5.74, 6) is 0.822. The van der Waals surface area contributed by atoms with Gasteiger partial charge in [0.05, 0.1) is 11.4 Å². The third-order valence-electron chi connectivity index (χ3n) is 3.28. The largest absolute Gasteiger partial charge is 0.395 e. The Morgan fingerprint density at radius 3 is 2.74 bits per heavy atom. The quantitative estimate of drug-likeness (QED) is 0.804. The van der Waals surface area contributed by atoms with Gasteiger partial charge < -0.3 is 10.6 Å². The van der Waals surface area contributed by atoms with Crippen molar-refractivity contribution in [1.29, 1.82) is 0 Å². The molecule has 1 rings (SSSR count). The minimum atomic E-state index is -0.1000. The first-order chi connectivity index (χ1) is 9.06. The minimum absolute atomic E-state index is 0.1000. The summed E-state index contributed by atoms with van der Waals surface area (Å²) in [5.41, 5.74) is 7.71. The molecule has 1 aromatic heterocycles. The highest BCUT2D eigenvalue weighted by atomic mass is 32.2. The zero-order valence-corrected chi connectivity index (χ0v) is 13.0. The van der Waals surface area contributed by atoms with Gasteiger partial charge in [-0.15, -0.1) is 0 Å². The number of thioether (sulfide) groups is 1. The molecule has 0 aliphatic rings. The first-order valence-corrected chi connectivity index (χ1v) is 8.04. The molecule has 1 aromatic rings. The number of carbonyl (C=O) groups excluding carboxylic acids is 1. The number of aromatic nitrogens is 2. The van der Waals surface area contributed by atoms with Crippen molar-refractivity contribution in [2.24, 2.45) is 0 Å². The number of H-pyrrole nitrogens is 1. The molecule has 0 saturated heterocycles. The highest BCUT2D eigenvalue weighted by Crippen LogP contribution is 2.19. The highest BCUT2D eigenvalue weighted by Gasteiger charge is 2.24. The standard InChI is InChI=1S/C13H24N4OS/c1-5-7-10-11(14)12(16-15-10)13(18)17(3)9(6-2)8-19-4/h9H,5-8,14H2,1-4H3,(H,15,16). The molecule has 0 aliphatic carbocycles. The number of nitrogens with one attached hydrogen (secondary N) is 1. The lowest BCUT2D eigenvalue weighted by molar-refractivity contribution is 0.0738. The van der Waals surface area contributed by atoms with E-state index in [-0.39, 0.29) is 11.9 Å². The van der Waals surface area contributed by atoms with Gasteiger partial charge in [-0.1, -0.05) is 20.3 Å². The SMILES string of the molecule is CCCc1[nH]nc(C(=O)N(C)C(CC)CSC)c1N. The van der Waals surface area contributed by atoms with Gasteiger partial charge in [0.2, 0.25) is 0 Å². The molecule has 19 heavy (non-hydrogen) atoms. The summed E-state index contributed by atoms with van der Waals surface area (Å²) in [6, 6.07) is 0.216. The van der Waals surface area contributed by atoms with Crippen molar-refractivity contribution in [3.63, 3.8) is 0 Å². The Labute approximate surface area is 119 Å². The van der Waals surface area contributed by atoms with Crippen molar-refractivity contribution in [3.8, 4) is 0 Å². The van der Waals surface area contributed by atoms with Crippen LogP contribution in [0.3, 0.4) is 0 Å². The number of hydrogen-bond acceptors (Lipinski definition) is 4. The Hall–Kier alpha value is -1.17. The summed E-state index contributed by atoms with van der Waals surface area (Å²) in [6.07, 6.45) is 4.76. The van der Waals surface area contributed by atoms with Crippen LogP contribution in [0.2, 0.25) is 0 Å². The molecule has 0 aromatic carbocycles. The molecular weight excluding hydrogens is 260 g/mol. The van der Waals surface area contributed by atoms with E-state index in [1.807, 2.05) is 13.3 Å². The fraction of sp³-hybridized carbons (Fsp3) is 0.692. The van der Waals surface area contributed by atoms with E-state index in [9.17, 15) is 4.79 Å². The number of carbonyl (C=O) groups is 1. The second-order valence-corrected chi connectivity index (χ2v) is 5.56. The fourth-order valence-electron chi connectivity index (χ4n) is 2.02. The fourth-order valence-corrected chi connectivity index (χ4v) is 2.86. The first-order valence-electron chi connectivity index (χ1n) is 6.65. The van der Waals surface area contributed by atoms with Crippen LogP contribution < -0.4 is 5.73 Å². The van der Waals surface area contributed by atoms with Crippen LogP contribution in [0, 0.1) is 0 Å². The van der Waals surface area contributed by atoms with Crippen molar-refractivity contribution in [2.45, 2.75) is 39.2 Å². The van der Waals surface area contributed by atoms with Crippen LogP contribution in [0.25, 0.3) is 0 Å². The Morgan fingerprint density at radius 1 is 1.53 bits per heavy atom. The number of hydrogen-bond donors (Lipinski definition) is 2. The molecule has 0 radical (unpaired) electrons. The summed E-state index contributed by atoms with van der Waals surface area (Å²) in [7, 11) is 1.82. The maximum atomic E-state index is 12.4. The molecule has 0 saturated carbocycles. The Balaban J connectivity index is 2.87. The average molecular weight is 284 g/mol. The van der Waals surface area contributed by atoms with Crippen LogP contribution in [-0.2, 0) is 6.42 Å². The zero-order chi connectivity index (χ0) is 14.4. The summed E-state index contributed by atoms with van der Waals surface area (Å²) in [5, 5.41) is 6.96. The summed E-state index contributed by atoms with van der Waals surface area (Å²) in [4.78, 5) is 14.2. The van der Waals surface area contributed by atoms with Crippen molar-refractivity contribution in [2.75, 3.05) is 24.8 Å². The molecule has 5 nitrogen and oxygen atoms in total. The molecule has 108 valence electrons. The number of rotatable bonds is 7. The predicted molar refractivity (Wildman–Crippen MR) is 81.5 cm³/mol. The van der Waals surface area contributed by atoms with Crippen molar-refractivity contribution in [3.05, 3.63) is 11.4 Å². The number of aromatic amines is 1. The minimum Gasteiger partial charge on any atom is -0.395 e. The normalized spacial score (nSPS) is 12.4. The number of anilines is 1. The van der Waals surface area contributed by atoms with Crippen molar-refractivity contribution >= 4 is 23.4 Å². The summed E-state index contributed by atoms with van der Waals surface area (Å²) >= 11 is 1.74. The van der Waals surface area contributed by atoms with Crippen LogP contribution in [0.5, 0.6) is 0 Å². The van der Waals surface area contributed by atoms with E-state index in [1.54, 1.807) is 16.7 Å². The predicted octanol–water partition coefficient (Wildman–Crippen LogP) is 2.16. The Bertz CT molecular complexity index is 419. The maximum absolute atomic E-state index is 12.4. The zero-order valence-electron chi connectivity index (χ0n) is 12.2. The van der Waals surface area contributed by atoms with Crippen LogP contribution in [0.15, 0.2) is 0 Å². The van der Waals surface area contributed by atoms with Crippen LogP contribution in [0.1, 0.15) is 42.9 Å². The molecule has 3 N–H and O–H groups in total. The summed E-state index contributed by atoms with van der Waals surface area (Å²) < 4.78 is 0. The van der Waals surface area contributed by atoms with Gasteiger partial charge in [-0.2, -0.15) is 16.9 Å². The monoisotopic (exact) mass is 284 g/mol. The Morgan fingerprint density at radius 2 is 2.21 bits per heavy atom. The molecule has 1 unspecified atom stereocenters. The molecule has 1 amide bonds. The van der Waals surface area contributed by atoms with E-state index in [0.29, 0.717) is 11.4 Å². The third-order valence-corrected chi connectivity index (χ3v) is 4.00. The smallest absolute Gasteiger partial charge is 0.276 e. The van der Waals surface area contributed by atoms with E-state index in [2.05, 4.69) is 24.0 Å². The number of nitrogen functional groups attached to an aromatic ring is 1. The van der Waals surface area contributed by atoms with Gasteiger partial charge in [0.15, 0.2) is 5.69 Å². The van der Waals surface area contributed by atoms with Crippen LogP contribution >= 0.6 is 11.8 Å². The number of nitrogens with two attached hydrogens (primary N) is 1. The Kier molecular flexibility index (Phi) is 6.21. The number of amides is 1. The lowest BCUT2D eigenvalue weighted by atomic mass is 10.1. The molecule has 6 heteroatoms. The molecule has 0 fully saturated rings. The second kappa shape index (κ2) is 7.43. The van der Waals surface area contributed by atoms with E-state index < -0.39 is 0 Å². The molecule has 0 aliphatic heterocycles. The van der Waals surface area contributed by atoms with Crippen LogP contribution in [0.4, 0.5) is 5.69 Å². The van der Waals surface area contributed by atoms with E-state index in [4.69, 9.17) is 5.73 Å². The molecule has 0 spiro atoms. The van der Waals surface area contributed by atoms with Gasteiger partial charge >= 0.3 is 0 Å². The van der Waals surface area contributed by atoms with Gasteiger partial charge in [-0.25, -0.2) is 0 Å². The molecule has 0 bridgehead atoms. The lowest BCUT2D eigenvalue weighted by Crippen LogP contribution is -2.38. The number of aryl methyl sites for hydroxylation is 1. The topological polar surface area (TPSA) is 75.0 Å². The van der Waals surface area contributed by atoms with Gasteiger partial charge in [-0.05, 0) is 19.1 Å². The molecule has 1 heterocycles. The van der Waals surface area contributed by atoms with E-state index in [1.165, 1.54) is 0 Å². The lowest BCUT2D eigenvalue weighted by Gasteiger charge is -2.26. The van der Waals surface area contributed by atoms with E-state index in [0.717, 1.165) is 30.7 Å². The first kappa shape index (κ1) is 15.9. The highest BCUT2D eigenvalue weighted by molar-refractivity contribution is 7.98. The maximum Gasteiger partial charge on any atom is 0.276 e. The van der Waals surface area contributed by atoms with Crippen molar-refractivity contribution in [1.82, 2.24) is 15.1 Å².